The van der Waals surface area contributed by atoms with E-state index in [9.17, 15) is 8.42 Å². The maximum atomic E-state index is 12.5. The second kappa shape index (κ2) is 6.00. The van der Waals surface area contributed by atoms with E-state index in [0.717, 1.165) is 12.0 Å². The van der Waals surface area contributed by atoms with Crippen molar-refractivity contribution in [1.29, 1.82) is 0 Å². The van der Waals surface area contributed by atoms with Crippen molar-refractivity contribution < 1.29 is 13.2 Å². The van der Waals surface area contributed by atoms with Gasteiger partial charge in [0.2, 0.25) is 10.0 Å². The summed E-state index contributed by atoms with van der Waals surface area (Å²) < 4.78 is 32.0. The quantitative estimate of drug-likeness (QED) is 0.893. The number of benzene rings is 1. The highest BCUT2D eigenvalue weighted by molar-refractivity contribution is 7.89. The molecule has 0 bridgehead atoms. The fourth-order valence-electron chi connectivity index (χ4n) is 2.10. The summed E-state index contributed by atoms with van der Waals surface area (Å²) >= 11 is 0. The summed E-state index contributed by atoms with van der Waals surface area (Å²) in [4.78, 5) is 0.321. The van der Waals surface area contributed by atoms with E-state index in [1.54, 1.807) is 24.3 Å². The van der Waals surface area contributed by atoms with Crippen molar-refractivity contribution in [3.8, 4) is 0 Å². The number of rotatable bonds is 4. The Bertz CT molecular complexity index is 513. The van der Waals surface area contributed by atoms with Gasteiger partial charge >= 0.3 is 0 Å². The summed E-state index contributed by atoms with van der Waals surface area (Å²) in [5.41, 5.74) is 6.44. The molecule has 0 aromatic heterocycles. The largest absolute Gasteiger partial charge is 0.375 e. The molecule has 0 radical (unpaired) electrons. The Labute approximate surface area is 114 Å². The van der Waals surface area contributed by atoms with Gasteiger partial charge in [-0.25, -0.2) is 8.42 Å². The zero-order valence-corrected chi connectivity index (χ0v) is 11.9. The summed E-state index contributed by atoms with van der Waals surface area (Å²) in [6.45, 7) is 3.71. The van der Waals surface area contributed by atoms with Gasteiger partial charge in [0.1, 0.15) is 0 Å². The number of sulfonamides is 1. The standard InChI is InChI=1S/C13H20N2O3S/c1-2-12-10-15(7-8-18-12)19(16,17)13-5-3-11(9-14)4-6-13/h3-6,12H,2,7-10,14H2,1H3. The lowest BCUT2D eigenvalue weighted by atomic mass is 10.2. The molecule has 1 atom stereocenters. The van der Waals surface area contributed by atoms with Crippen LogP contribution in [0.5, 0.6) is 0 Å². The van der Waals surface area contributed by atoms with Crippen molar-refractivity contribution in [2.24, 2.45) is 5.73 Å². The van der Waals surface area contributed by atoms with Crippen molar-refractivity contribution in [1.82, 2.24) is 4.31 Å². The molecule has 2 N–H and O–H groups in total. The average Bonchev–Trinajstić information content (AvgIpc) is 2.47. The third kappa shape index (κ3) is 3.14. The molecule has 1 aliphatic heterocycles. The van der Waals surface area contributed by atoms with Gasteiger partial charge in [0.05, 0.1) is 17.6 Å². The highest BCUT2D eigenvalue weighted by atomic mass is 32.2. The molecule has 0 spiro atoms. The van der Waals surface area contributed by atoms with Gasteiger partial charge in [0, 0.05) is 19.6 Å². The van der Waals surface area contributed by atoms with Crippen LogP contribution in [-0.4, -0.2) is 38.5 Å². The van der Waals surface area contributed by atoms with Gasteiger partial charge in [-0.05, 0) is 24.1 Å². The predicted octanol–water partition coefficient (Wildman–Crippen LogP) is 0.945. The Morgan fingerprint density at radius 1 is 1.37 bits per heavy atom. The van der Waals surface area contributed by atoms with Gasteiger partial charge in [0.15, 0.2) is 0 Å². The van der Waals surface area contributed by atoms with Crippen molar-refractivity contribution in [2.75, 3.05) is 19.7 Å². The third-order valence-corrected chi connectivity index (χ3v) is 5.23. The molecule has 1 saturated heterocycles. The number of nitrogens with zero attached hydrogens (tertiary/aromatic N) is 1. The van der Waals surface area contributed by atoms with Crippen molar-refractivity contribution >= 4 is 10.0 Å². The summed E-state index contributed by atoms with van der Waals surface area (Å²) in [5, 5.41) is 0. The van der Waals surface area contributed by atoms with E-state index in [1.165, 1.54) is 4.31 Å². The minimum Gasteiger partial charge on any atom is -0.375 e. The molecule has 1 unspecified atom stereocenters. The lowest BCUT2D eigenvalue weighted by molar-refractivity contribution is -0.00277. The zero-order valence-electron chi connectivity index (χ0n) is 11.1. The molecule has 5 nitrogen and oxygen atoms in total. The molecule has 0 amide bonds. The summed E-state index contributed by atoms with van der Waals surface area (Å²) in [6.07, 6.45) is 0.810. The van der Waals surface area contributed by atoms with Crippen LogP contribution < -0.4 is 5.73 Å². The highest BCUT2D eigenvalue weighted by Crippen LogP contribution is 2.20. The van der Waals surface area contributed by atoms with Gasteiger partial charge in [0.25, 0.3) is 0 Å². The monoisotopic (exact) mass is 284 g/mol. The first-order valence-corrected chi connectivity index (χ1v) is 7.92. The predicted molar refractivity (Wildman–Crippen MR) is 73.1 cm³/mol. The first kappa shape index (κ1) is 14.5. The van der Waals surface area contributed by atoms with Crippen LogP contribution in [-0.2, 0) is 21.3 Å². The van der Waals surface area contributed by atoms with E-state index in [1.807, 2.05) is 6.92 Å². The molecular formula is C13H20N2O3S. The van der Waals surface area contributed by atoms with E-state index in [4.69, 9.17) is 10.5 Å². The molecule has 19 heavy (non-hydrogen) atoms. The molecule has 0 saturated carbocycles. The minimum absolute atomic E-state index is 0.00756. The Balaban J connectivity index is 2.20. The van der Waals surface area contributed by atoms with Crippen LogP contribution >= 0.6 is 0 Å². The van der Waals surface area contributed by atoms with Crippen LogP contribution in [0.15, 0.2) is 29.2 Å². The first-order valence-electron chi connectivity index (χ1n) is 6.48. The zero-order chi connectivity index (χ0) is 13.9. The Morgan fingerprint density at radius 3 is 2.63 bits per heavy atom. The van der Waals surface area contributed by atoms with Gasteiger partial charge in [-0.3, -0.25) is 0 Å². The minimum atomic E-state index is -3.42. The molecule has 106 valence electrons. The van der Waals surface area contributed by atoms with Crippen LogP contribution in [0.25, 0.3) is 0 Å². The summed E-state index contributed by atoms with van der Waals surface area (Å²) in [7, 11) is -3.42. The second-order valence-electron chi connectivity index (χ2n) is 4.61. The lowest BCUT2D eigenvalue weighted by Gasteiger charge is -2.31. The number of nitrogens with two attached hydrogens (primary N) is 1. The fraction of sp³-hybridized carbons (Fsp3) is 0.538. The fourth-order valence-corrected chi connectivity index (χ4v) is 3.56. The van der Waals surface area contributed by atoms with Gasteiger partial charge in [-0.15, -0.1) is 0 Å². The molecule has 1 aliphatic rings. The number of morpholine rings is 1. The van der Waals surface area contributed by atoms with Gasteiger partial charge < -0.3 is 10.5 Å². The SMILES string of the molecule is CCC1CN(S(=O)(=O)c2ccc(CN)cc2)CCO1. The van der Waals surface area contributed by atoms with E-state index in [0.29, 0.717) is 31.1 Å². The highest BCUT2D eigenvalue weighted by Gasteiger charge is 2.29. The molecule has 1 aromatic rings. The smallest absolute Gasteiger partial charge is 0.243 e. The topological polar surface area (TPSA) is 72.6 Å². The summed E-state index contributed by atoms with van der Waals surface area (Å²) in [5.74, 6) is 0. The first-order chi connectivity index (χ1) is 9.07. The van der Waals surface area contributed by atoms with Crippen molar-refractivity contribution in [3.63, 3.8) is 0 Å². The third-order valence-electron chi connectivity index (χ3n) is 3.35. The number of hydrogen-bond acceptors (Lipinski definition) is 4. The molecular weight excluding hydrogens is 264 g/mol. The molecule has 2 rings (SSSR count). The van der Waals surface area contributed by atoms with E-state index in [2.05, 4.69) is 0 Å². The van der Waals surface area contributed by atoms with E-state index in [-0.39, 0.29) is 6.10 Å². The second-order valence-corrected chi connectivity index (χ2v) is 6.55. The lowest BCUT2D eigenvalue weighted by Crippen LogP contribution is -2.45. The van der Waals surface area contributed by atoms with Crippen LogP contribution in [0.1, 0.15) is 18.9 Å². The van der Waals surface area contributed by atoms with E-state index < -0.39 is 10.0 Å². The molecule has 0 aliphatic carbocycles. The van der Waals surface area contributed by atoms with Crippen molar-refractivity contribution in [2.45, 2.75) is 30.9 Å². The average molecular weight is 284 g/mol. The normalized spacial score (nSPS) is 21.5. The van der Waals surface area contributed by atoms with Crippen LogP contribution in [0.3, 0.4) is 0 Å². The van der Waals surface area contributed by atoms with Gasteiger partial charge in [-0.1, -0.05) is 19.1 Å². The van der Waals surface area contributed by atoms with E-state index >= 15 is 0 Å². The Hall–Kier alpha value is -0.950. The number of hydrogen-bond donors (Lipinski definition) is 1. The summed E-state index contributed by atoms with van der Waals surface area (Å²) in [6, 6.07) is 6.75. The number of ether oxygens (including phenoxy) is 1. The maximum absolute atomic E-state index is 12.5. The van der Waals surface area contributed by atoms with Crippen molar-refractivity contribution in [3.05, 3.63) is 29.8 Å². The van der Waals surface area contributed by atoms with Crippen LogP contribution in [0.2, 0.25) is 0 Å². The van der Waals surface area contributed by atoms with Crippen LogP contribution in [0.4, 0.5) is 0 Å². The Morgan fingerprint density at radius 2 is 2.05 bits per heavy atom. The molecule has 1 heterocycles. The molecule has 1 fully saturated rings. The maximum Gasteiger partial charge on any atom is 0.243 e. The van der Waals surface area contributed by atoms with Gasteiger partial charge in [-0.2, -0.15) is 4.31 Å². The Kier molecular flexibility index (Phi) is 4.57. The molecule has 1 aromatic carbocycles. The molecule has 6 heteroatoms. The van der Waals surface area contributed by atoms with Crippen LogP contribution in [0, 0.1) is 0 Å².